The predicted octanol–water partition coefficient (Wildman–Crippen LogP) is 3.11. The smallest absolute Gasteiger partial charge is 0.0469 e. The molecule has 1 atom stereocenters. The lowest BCUT2D eigenvalue weighted by atomic mass is 9.85. The minimum atomic E-state index is 0.460. The van der Waals surface area contributed by atoms with E-state index in [-0.39, 0.29) is 0 Å². The molecule has 2 heterocycles. The van der Waals surface area contributed by atoms with Gasteiger partial charge in [-0.3, -0.25) is 4.98 Å². The van der Waals surface area contributed by atoms with Crippen LogP contribution >= 0.6 is 0 Å². The zero-order chi connectivity index (χ0) is 13.5. The van der Waals surface area contributed by atoms with Crippen molar-refractivity contribution in [2.24, 2.45) is 5.92 Å². The predicted molar refractivity (Wildman–Crippen MR) is 78.2 cm³/mol. The third kappa shape index (κ3) is 3.77. The van der Waals surface area contributed by atoms with E-state index in [9.17, 15) is 0 Å². The molecule has 106 valence electrons. The van der Waals surface area contributed by atoms with Crippen LogP contribution in [0.25, 0.3) is 0 Å². The van der Waals surface area contributed by atoms with Gasteiger partial charge in [0, 0.05) is 31.6 Å². The van der Waals surface area contributed by atoms with Gasteiger partial charge in [0.15, 0.2) is 0 Å². The maximum absolute atomic E-state index is 5.51. The van der Waals surface area contributed by atoms with Gasteiger partial charge in [0.25, 0.3) is 0 Å². The third-order valence-corrected chi connectivity index (χ3v) is 4.01. The van der Waals surface area contributed by atoms with Crippen LogP contribution in [0.2, 0.25) is 0 Å². The second-order valence-corrected chi connectivity index (χ2v) is 5.31. The summed E-state index contributed by atoms with van der Waals surface area (Å²) in [5.74, 6) is 0.688. The maximum atomic E-state index is 5.51. The summed E-state index contributed by atoms with van der Waals surface area (Å²) in [6.45, 7) is 7.32. The fourth-order valence-electron chi connectivity index (χ4n) is 2.92. The van der Waals surface area contributed by atoms with E-state index in [4.69, 9.17) is 4.74 Å². The molecule has 0 bridgehead atoms. The Morgan fingerprint density at radius 2 is 2.16 bits per heavy atom. The van der Waals surface area contributed by atoms with Crippen LogP contribution in [0.4, 0.5) is 0 Å². The van der Waals surface area contributed by atoms with Crippen molar-refractivity contribution in [2.75, 3.05) is 19.8 Å². The van der Waals surface area contributed by atoms with E-state index < -0.39 is 0 Å². The van der Waals surface area contributed by atoms with Gasteiger partial charge in [-0.1, -0.05) is 13.8 Å². The van der Waals surface area contributed by atoms with E-state index in [0.29, 0.717) is 12.0 Å². The Kier molecular flexibility index (Phi) is 5.80. The molecule has 1 fully saturated rings. The van der Waals surface area contributed by atoms with Crippen LogP contribution < -0.4 is 5.32 Å². The average Bonchev–Trinajstić information content (AvgIpc) is 2.49. The standard InChI is InChI=1S/C16H26N2O/c1-3-8-18-16(14-6-10-19-11-7-14)15-5-9-17-12-13(15)4-2/h5,9,12,14,16,18H,3-4,6-8,10-11H2,1-2H3. The van der Waals surface area contributed by atoms with E-state index in [0.717, 1.165) is 39.0 Å². The lowest BCUT2D eigenvalue weighted by Crippen LogP contribution is -2.33. The Bertz CT molecular complexity index is 375. The van der Waals surface area contributed by atoms with Crippen LogP contribution in [0.5, 0.6) is 0 Å². The van der Waals surface area contributed by atoms with Gasteiger partial charge >= 0.3 is 0 Å². The molecule has 1 N–H and O–H groups in total. The van der Waals surface area contributed by atoms with Crippen molar-refractivity contribution >= 4 is 0 Å². The maximum Gasteiger partial charge on any atom is 0.0469 e. The number of aryl methyl sites for hydroxylation is 1. The minimum absolute atomic E-state index is 0.460. The first kappa shape index (κ1) is 14.5. The van der Waals surface area contributed by atoms with Crippen molar-refractivity contribution in [1.29, 1.82) is 0 Å². The third-order valence-electron chi connectivity index (χ3n) is 4.01. The highest BCUT2D eigenvalue weighted by molar-refractivity contribution is 5.27. The Labute approximate surface area is 116 Å². The number of pyridine rings is 1. The summed E-state index contributed by atoms with van der Waals surface area (Å²) in [7, 11) is 0. The zero-order valence-electron chi connectivity index (χ0n) is 12.2. The van der Waals surface area contributed by atoms with Crippen LogP contribution in [0.3, 0.4) is 0 Å². The van der Waals surface area contributed by atoms with E-state index >= 15 is 0 Å². The quantitative estimate of drug-likeness (QED) is 0.855. The fourth-order valence-corrected chi connectivity index (χ4v) is 2.92. The molecule has 1 aliphatic heterocycles. The van der Waals surface area contributed by atoms with Gasteiger partial charge in [-0.2, -0.15) is 0 Å². The monoisotopic (exact) mass is 262 g/mol. The first-order valence-corrected chi connectivity index (χ1v) is 7.60. The lowest BCUT2D eigenvalue weighted by molar-refractivity contribution is 0.0535. The number of nitrogens with zero attached hydrogens (tertiary/aromatic N) is 1. The van der Waals surface area contributed by atoms with Gasteiger partial charge in [-0.25, -0.2) is 0 Å². The van der Waals surface area contributed by atoms with Crippen LogP contribution in [-0.2, 0) is 11.2 Å². The molecular weight excluding hydrogens is 236 g/mol. The second kappa shape index (κ2) is 7.61. The van der Waals surface area contributed by atoms with Gasteiger partial charge in [0.1, 0.15) is 0 Å². The van der Waals surface area contributed by atoms with Crippen LogP contribution in [0.1, 0.15) is 50.3 Å². The SMILES string of the molecule is CCCNC(c1ccncc1CC)C1CCOCC1. The summed E-state index contributed by atoms with van der Waals surface area (Å²) < 4.78 is 5.51. The number of hydrogen-bond acceptors (Lipinski definition) is 3. The molecule has 0 aliphatic carbocycles. The molecule has 1 aliphatic rings. The van der Waals surface area contributed by atoms with Gasteiger partial charge in [0.2, 0.25) is 0 Å². The molecule has 1 aromatic heterocycles. The van der Waals surface area contributed by atoms with E-state index in [2.05, 4.69) is 30.2 Å². The van der Waals surface area contributed by atoms with Crippen LogP contribution in [-0.4, -0.2) is 24.7 Å². The summed E-state index contributed by atoms with van der Waals surface area (Å²) in [6, 6.07) is 2.66. The topological polar surface area (TPSA) is 34.2 Å². The molecule has 0 saturated carbocycles. The number of hydrogen-bond donors (Lipinski definition) is 1. The number of rotatable bonds is 6. The van der Waals surface area contributed by atoms with Gasteiger partial charge < -0.3 is 10.1 Å². The molecule has 1 unspecified atom stereocenters. The van der Waals surface area contributed by atoms with Crippen molar-refractivity contribution in [3.8, 4) is 0 Å². The highest BCUT2D eigenvalue weighted by Gasteiger charge is 2.26. The van der Waals surface area contributed by atoms with Crippen LogP contribution in [0.15, 0.2) is 18.5 Å². The van der Waals surface area contributed by atoms with Crippen molar-refractivity contribution in [3.63, 3.8) is 0 Å². The molecule has 0 amide bonds. The first-order valence-electron chi connectivity index (χ1n) is 7.60. The molecule has 0 spiro atoms. The summed E-state index contributed by atoms with van der Waals surface area (Å²) in [4.78, 5) is 4.27. The fraction of sp³-hybridized carbons (Fsp3) is 0.688. The summed E-state index contributed by atoms with van der Waals surface area (Å²) in [5, 5.41) is 3.75. The lowest BCUT2D eigenvalue weighted by Gasteiger charge is -2.32. The van der Waals surface area contributed by atoms with E-state index in [1.165, 1.54) is 17.5 Å². The van der Waals surface area contributed by atoms with Crippen molar-refractivity contribution in [2.45, 2.75) is 45.6 Å². The Hall–Kier alpha value is -0.930. The first-order chi connectivity index (χ1) is 9.36. The van der Waals surface area contributed by atoms with Crippen molar-refractivity contribution in [3.05, 3.63) is 29.6 Å². The number of nitrogens with one attached hydrogen (secondary N) is 1. The number of ether oxygens (including phenoxy) is 1. The normalized spacial score (nSPS) is 18.4. The highest BCUT2D eigenvalue weighted by Crippen LogP contribution is 2.31. The van der Waals surface area contributed by atoms with Gasteiger partial charge in [-0.05, 0) is 55.3 Å². The van der Waals surface area contributed by atoms with Gasteiger partial charge in [-0.15, -0.1) is 0 Å². The summed E-state index contributed by atoms with van der Waals surface area (Å²) >= 11 is 0. The van der Waals surface area contributed by atoms with E-state index in [1.54, 1.807) is 0 Å². The van der Waals surface area contributed by atoms with Crippen molar-refractivity contribution < 1.29 is 4.74 Å². The summed E-state index contributed by atoms with van der Waals surface area (Å²) in [5.41, 5.74) is 2.82. The molecule has 0 radical (unpaired) electrons. The molecule has 2 rings (SSSR count). The van der Waals surface area contributed by atoms with E-state index in [1.807, 2.05) is 12.4 Å². The molecule has 1 aromatic rings. The van der Waals surface area contributed by atoms with Crippen molar-refractivity contribution in [1.82, 2.24) is 10.3 Å². The summed E-state index contributed by atoms with van der Waals surface area (Å²) in [6.07, 6.45) is 8.49. The average molecular weight is 262 g/mol. The minimum Gasteiger partial charge on any atom is -0.381 e. The molecule has 0 aromatic carbocycles. The largest absolute Gasteiger partial charge is 0.381 e. The van der Waals surface area contributed by atoms with Gasteiger partial charge in [0.05, 0.1) is 0 Å². The Morgan fingerprint density at radius 1 is 1.37 bits per heavy atom. The molecule has 19 heavy (non-hydrogen) atoms. The Balaban J connectivity index is 2.19. The molecule has 3 nitrogen and oxygen atoms in total. The highest BCUT2D eigenvalue weighted by atomic mass is 16.5. The Morgan fingerprint density at radius 3 is 2.84 bits per heavy atom. The molecular formula is C16H26N2O. The number of aromatic nitrogens is 1. The molecule has 1 saturated heterocycles. The van der Waals surface area contributed by atoms with Crippen LogP contribution in [0, 0.1) is 5.92 Å². The zero-order valence-corrected chi connectivity index (χ0v) is 12.2. The second-order valence-electron chi connectivity index (χ2n) is 5.31. The molecule has 3 heteroatoms.